The number of hydrogen-bond donors (Lipinski definition) is 1. The van der Waals surface area contributed by atoms with Crippen LogP contribution in [0.5, 0.6) is 0 Å². The first kappa shape index (κ1) is 15.8. The number of ether oxygens (including phenoxy) is 1. The van der Waals surface area contributed by atoms with E-state index in [0.29, 0.717) is 11.6 Å². The van der Waals surface area contributed by atoms with E-state index in [9.17, 15) is 13.2 Å². The molecule has 1 fully saturated rings. The van der Waals surface area contributed by atoms with Crippen LogP contribution < -0.4 is 5.32 Å². The van der Waals surface area contributed by atoms with Gasteiger partial charge in [0.05, 0.1) is 17.7 Å². The monoisotopic (exact) mass is 353 g/mol. The summed E-state index contributed by atoms with van der Waals surface area (Å²) in [4.78, 5) is 0. The van der Waals surface area contributed by atoms with Crippen molar-refractivity contribution in [3.8, 4) is 0 Å². The summed E-state index contributed by atoms with van der Waals surface area (Å²) in [5, 5.41) is 4.10. The molecule has 0 spiro atoms. The van der Waals surface area contributed by atoms with E-state index in [1.807, 2.05) is 12.1 Å². The first-order valence-corrected chi connectivity index (χ1v) is 8.16. The van der Waals surface area contributed by atoms with Gasteiger partial charge in [0.2, 0.25) is 0 Å². The molecule has 6 heteroatoms. The van der Waals surface area contributed by atoms with E-state index in [0.717, 1.165) is 35.4 Å². The maximum atomic E-state index is 12.8. The Morgan fingerprint density at radius 3 is 2.54 bits per heavy atom. The van der Waals surface area contributed by atoms with Crippen LogP contribution >= 0.6 is 11.6 Å². The SMILES string of the molecule is FC(F)(F)c1ccc([C@@H]2Nc3ccc(Cl)cc3[C@H]3OCC[C@H]32)cc1. The van der Waals surface area contributed by atoms with Crippen molar-refractivity contribution in [2.75, 3.05) is 11.9 Å². The van der Waals surface area contributed by atoms with Gasteiger partial charge in [0.25, 0.3) is 0 Å². The highest BCUT2D eigenvalue weighted by Gasteiger charge is 2.41. The molecule has 2 heterocycles. The van der Waals surface area contributed by atoms with Gasteiger partial charge in [-0.05, 0) is 42.3 Å². The van der Waals surface area contributed by atoms with Gasteiger partial charge in [-0.1, -0.05) is 23.7 Å². The van der Waals surface area contributed by atoms with Gasteiger partial charge in [0.1, 0.15) is 0 Å². The minimum absolute atomic E-state index is 0.0755. The molecule has 2 nitrogen and oxygen atoms in total. The average molecular weight is 354 g/mol. The number of alkyl halides is 3. The number of halogens is 4. The summed E-state index contributed by atoms with van der Waals surface area (Å²) >= 11 is 6.09. The van der Waals surface area contributed by atoms with Crippen molar-refractivity contribution in [2.24, 2.45) is 5.92 Å². The van der Waals surface area contributed by atoms with Crippen molar-refractivity contribution < 1.29 is 17.9 Å². The van der Waals surface area contributed by atoms with Gasteiger partial charge >= 0.3 is 6.18 Å². The summed E-state index contributed by atoms with van der Waals surface area (Å²) in [7, 11) is 0. The van der Waals surface area contributed by atoms with Gasteiger partial charge in [0, 0.05) is 28.8 Å². The lowest BCUT2D eigenvalue weighted by atomic mass is 9.81. The molecule has 4 rings (SSSR count). The summed E-state index contributed by atoms with van der Waals surface area (Å²) in [6.45, 7) is 0.639. The van der Waals surface area contributed by atoms with Crippen LogP contribution in [-0.4, -0.2) is 6.61 Å². The molecule has 0 saturated carbocycles. The number of anilines is 1. The zero-order valence-electron chi connectivity index (χ0n) is 12.6. The van der Waals surface area contributed by atoms with Crippen LogP contribution in [0.25, 0.3) is 0 Å². The molecule has 0 aromatic heterocycles. The highest BCUT2D eigenvalue weighted by Crippen LogP contribution is 2.50. The molecule has 2 aliphatic rings. The van der Waals surface area contributed by atoms with Crippen molar-refractivity contribution in [1.29, 1.82) is 0 Å². The molecular formula is C18H15ClF3NO. The Kier molecular flexibility index (Phi) is 3.73. The second-order valence-electron chi connectivity index (χ2n) is 6.22. The number of rotatable bonds is 1. The number of fused-ring (bicyclic) bond motifs is 3. The Morgan fingerprint density at radius 2 is 1.83 bits per heavy atom. The van der Waals surface area contributed by atoms with Crippen LogP contribution in [0.3, 0.4) is 0 Å². The van der Waals surface area contributed by atoms with Gasteiger partial charge in [0.15, 0.2) is 0 Å². The van der Waals surface area contributed by atoms with E-state index in [4.69, 9.17) is 16.3 Å². The third-order valence-electron chi connectivity index (χ3n) is 4.79. The maximum Gasteiger partial charge on any atom is 0.416 e. The molecule has 0 amide bonds. The van der Waals surface area contributed by atoms with Crippen molar-refractivity contribution in [1.82, 2.24) is 0 Å². The molecule has 0 unspecified atom stereocenters. The summed E-state index contributed by atoms with van der Waals surface area (Å²) in [6.07, 6.45) is -3.54. The van der Waals surface area contributed by atoms with Gasteiger partial charge in [-0.2, -0.15) is 13.2 Å². The van der Waals surface area contributed by atoms with Crippen molar-refractivity contribution in [3.05, 3.63) is 64.2 Å². The van der Waals surface area contributed by atoms with Crippen LogP contribution in [0.1, 0.15) is 35.3 Å². The normalized spacial score (nSPS) is 25.8. The molecular weight excluding hydrogens is 339 g/mol. The molecule has 2 aromatic carbocycles. The highest BCUT2D eigenvalue weighted by atomic mass is 35.5. The molecule has 0 bridgehead atoms. The number of hydrogen-bond acceptors (Lipinski definition) is 2. The molecule has 1 saturated heterocycles. The lowest BCUT2D eigenvalue weighted by molar-refractivity contribution is -0.137. The molecule has 1 N–H and O–H groups in total. The van der Waals surface area contributed by atoms with E-state index in [1.54, 1.807) is 18.2 Å². The van der Waals surface area contributed by atoms with E-state index in [2.05, 4.69) is 5.32 Å². The lowest BCUT2D eigenvalue weighted by Gasteiger charge is -2.36. The largest absolute Gasteiger partial charge is 0.416 e. The third kappa shape index (κ3) is 2.66. The zero-order chi connectivity index (χ0) is 16.9. The Balaban J connectivity index is 1.70. The van der Waals surface area contributed by atoms with Crippen LogP contribution in [-0.2, 0) is 10.9 Å². The topological polar surface area (TPSA) is 21.3 Å². The summed E-state index contributed by atoms with van der Waals surface area (Å²) in [5.41, 5.74) is 2.15. The van der Waals surface area contributed by atoms with Crippen LogP contribution in [0, 0.1) is 5.92 Å². The maximum absolute atomic E-state index is 12.8. The van der Waals surface area contributed by atoms with E-state index in [1.165, 1.54) is 0 Å². The van der Waals surface area contributed by atoms with Crippen molar-refractivity contribution in [3.63, 3.8) is 0 Å². The number of benzene rings is 2. The molecule has 0 radical (unpaired) electrons. The molecule has 2 aliphatic heterocycles. The quantitative estimate of drug-likeness (QED) is 0.720. The second kappa shape index (κ2) is 5.67. The number of nitrogens with one attached hydrogen (secondary N) is 1. The minimum atomic E-state index is -4.32. The van der Waals surface area contributed by atoms with E-state index in [-0.39, 0.29) is 18.1 Å². The molecule has 24 heavy (non-hydrogen) atoms. The lowest BCUT2D eigenvalue weighted by Crippen LogP contribution is -2.29. The fraction of sp³-hybridized carbons (Fsp3) is 0.333. The van der Waals surface area contributed by atoms with Crippen LogP contribution in [0.15, 0.2) is 42.5 Å². The summed E-state index contributed by atoms with van der Waals surface area (Å²) < 4.78 is 44.2. The Labute approximate surface area is 142 Å². The van der Waals surface area contributed by atoms with Crippen LogP contribution in [0.2, 0.25) is 5.02 Å². The standard InChI is InChI=1S/C18H15ClF3NO/c19-12-5-6-15-14(9-12)17-13(7-8-24-17)16(23-15)10-1-3-11(4-2-10)18(20,21)22/h1-6,9,13,16-17,23H,7-8H2/t13-,16-,17-/m0/s1. The third-order valence-corrected chi connectivity index (χ3v) is 5.03. The fourth-order valence-corrected chi connectivity index (χ4v) is 3.83. The van der Waals surface area contributed by atoms with Crippen LogP contribution in [0.4, 0.5) is 18.9 Å². The zero-order valence-corrected chi connectivity index (χ0v) is 13.4. The highest BCUT2D eigenvalue weighted by molar-refractivity contribution is 6.30. The average Bonchev–Trinajstić information content (AvgIpc) is 3.03. The first-order valence-electron chi connectivity index (χ1n) is 7.78. The van der Waals surface area contributed by atoms with Gasteiger partial charge in [-0.25, -0.2) is 0 Å². The molecule has 0 aliphatic carbocycles. The van der Waals surface area contributed by atoms with Crippen molar-refractivity contribution >= 4 is 17.3 Å². The Morgan fingerprint density at radius 1 is 1.08 bits per heavy atom. The predicted octanol–water partition coefficient (Wildman–Crippen LogP) is 5.60. The fourth-order valence-electron chi connectivity index (χ4n) is 3.65. The second-order valence-corrected chi connectivity index (χ2v) is 6.65. The smallest absolute Gasteiger partial charge is 0.378 e. The first-order chi connectivity index (χ1) is 11.4. The predicted molar refractivity (Wildman–Crippen MR) is 86.1 cm³/mol. The van der Waals surface area contributed by atoms with Gasteiger partial charge < -0.3 is 10.1 Å². The Hall–Kier alpha value is -1.72. The Bertz CT molecular complexity index is 760. The molecule has 2 aromatic rings. The van der Waals surface area contributed by atoms with Gasteiger partial charge in [-0.15, -0.1) is 0 Å². The van der Waals surface area contributed by atoms with Crippen molar-refractivity contribution in [2.45, 2.75) is 24.7 Å². The van der Waals surface area contributed by atoms with E-state index < -0.39 is 11.7 Å². The minimum Gasteiger partial charge on any atom is -0.378 e. The van der Waals surface area contributed by atoms with Gasteiger partial charge in [-0.3, -0.25) is 0 Å². The summed E-state index contributed by atoms with van der Waals surface area (Å²) in [5.74, 6) is 0.174. The van der Waals surface area contributed by atoms with E-state index >= 15 is 0 Å². The summed E-state index contributed by atoms with van der Waals surface area (Å²) in [6, 6.07) is 10.9. The molecule has 126 valence electrons. The molecule has 3 atom stereocenters.